The van der Waals surface area contributed by atoms with Crippen molar-refractivity contribution in [2.45, 2.75) is 45.6 Å². The molecule has 0 saturated heterocycles. The number of carbonyl (C=O) groups excluding carboxylic acids is 1. The van der Waals surface area contributed by atoms with Gasteiger partial charge in [-0.25, -0.2) is 4.68 Å². The molecule has 1 aliphatic rings. The Morgan fingerprint density at radius 3 is 2.59 bits per heavy atom. The van der Waals surface area contributed by atoms with Crippen molar-refractivity contribution in [1.82, 2.24) is 15.1 Å². The van der Waals surface area contributed by atoms with Crippen molar-refractivity contribution < 1.29 is 4.79 Å². The minimum atomic E-state index is -0.106. The highest BCUT2D eigenvalue weighted by molar-refractivity contribution is 5.94. The van der Waals surface area contributed by atoms with E-state index < -0.39 is 0 Å². The lowest BCUT2D eigenvalue weighted by Crippen LogP contribution is -2.27. The minimum absolute atomic E-state index is 0.0252. The van der Waals surface area contributed by atoms with Gasteiger partial charge < -0.3 is 5.32 Å². The van der Waals surface area contributed by atoms with Gasteiger partial charge in [-0.1, -0.05) is 24.3 Å². The average Bonchev–Trinajstić information content (AvgIpc) is 3.09. The Hall–Kier alpha value is -2.88. The molecule has 1 N–H and O–H groups in total. The molecule has 3 aromatic rings. The molecular formula is C23H25N3O. The smallest absolute Gasteiger partial charge is 0.251 e. The van der Waals surface area contributed by atoms with Gasteiger partial charge in [0.15, 0.2) is 0 Å². The predicted molar refractivity (Wildman–Crippen MR) is 107 cm³/mol. The molecule has 1 amide bonds. The molecule has 1 heterocycles. The number of benzene rings is 2. The summed E-state index contributed by atoms with van der Waals surface area (Å²) in [5.74, 6) is -0.0252. The van der Waals surface area contributed by atoms with Crippen LogP contribution >= 0.6 is 0 Å². The van der Waals surface area contributed by atoms with Gasteiger partial charge in [-0.2, -0.15) is 5.10 Å². The van der Waals surface area contributed by atoms with Crippen LogP contribution < -0.4 is 5.32 Å². The van der Waals surface area contributed by atoms with Crippen LogP contribution in [0.2, 0.25) is 0 Å². The van der Waals surface area contributed by atoms with Gasteiger partial charge >= 0.3 is 0 Å². The first kappa shape index (κ1) is 17.5. The number of amides is 1. The van der Waals surface area contributed by atoms with E-state index in [9.17, 15) is 4.79 Å². The molecule has 138 valence electrons. The summed E-state index contributed by atoms with van der Waals surface area (Å²) < 4.78 is 1.91. The van der Waals surface area contributed by atoms with Crippen LogP contribution in [-0.4, -0.2) is 15.7 Å². The van der Waals surface area contributed by atoms with Gasteiger partial charge in [0.05, 0.1) is 17.9 Å². The molecule has 1 unspecified atom stereocenters. The van der Waals surface area contributed by atoms with Gasteiger partial charge in [-0.05, 0) is 74.9 Å². The summed E-state index contributed by atoms with van der Waals surface area (Å²) in [5.41, 5.74) is 6.56. The average molecular weight is 359 g/mol. The number of nitrogens with zero attached hydrogens (tertiary/aromatic N) is 2. The van der Waals surface area contributed by atoms with Crippen molar-refractivity contribution in [3.63, 3.8) is 0 Å². The number of aromatic nitrogens is 2. The fraction of sp³-hybridized carbons (Fsp3) is 0.304. The maximum Gasteiger partial charge on any atom is 0.251 e. The van der Waals surface area contributed by atoms with E-state index >= 15 is 0 Å². The van der Waals surface area contributed by atoms with Gasteiger partial charge in [-0.15, -0.1) is 0 Å². The van der Waals surface area contributed by atoms with Gasteiger partial charge in [0.1, 0.15) is 0 Å². The first-order chi connectivity index (χ1) is 13.1. The summed E-state index contributed by atoms with van der Waals surface area (Å²) in [4.78, 5) is 12.8. The summed E-state index contributed by atoms with van der Waals surface area (Å²) in [6.07, 6.45) is 6.52. The molecule has 0 radical (unpaired) electrons. The summed E-state index contributed by atoms with van der Waals surface area (Å²) in [5, 5.41) is 7.64. The molecule has 0 fully saturated rings. The van der Waals surface area contributed by atoms with Gasteiger partial charge in [-0.3, -0.25) is 4.79 Å². The summed E-state index contributed by atoms with van der Waals surface area (Å²) in [6, 6.07) is 16.1. The molecule has 1 aliphatic carbocycles. The normalized spacial score (nSPS) is 14.4. The van der Waals surface area contributed by atoms with E-state index in [4.69, 9.17) is 0 Å². The van der Waals surface area contributed by atoms with Crippen molar-refractivity contribution in [2.75, 3.05) is 0 Å². The topological polar surface area (TPSA) is 46.9 Å². The van der Waals surface area contributed by atoms with Crippen LogP contribution in [0.5, 0.6) is 0 Å². The predicted octanol–water partition coefficient (Wildman–Crippen LogP) is 4.55. The van der Waals surface area contributed by atoms with Gasteiger partial charge in [0.2, 0.25) is 0 Å². The Labute approximate surface area is 160 Å². The van der Waals surface area contributed by atoms with E-state index in [1.54, 1.807) is 0 Å². The fourth-order valence-electron chi connectivity index (χ4n) is 3.91. The van der Waals surface area contributed by atoms with Crippen LogP contribution in [0.1, 0.15) is 58.5 Å². The Morgan fingerprint density at radius 1 is 1.07 bits per heavy atom. The Kier molecular flexibility index (Phi) is 4.80. The van der Waals surface area contributed by atoms with Gasteiger partial charge in [0, 0.05) is 16.8 Å². The van der Waals surface area contributed by atoms with E-state index in [0.29, 0.717) is 0 Å². The molecule has 1 aromatic heterocycles. The lowest BCUT2D eigenvalue weighted by Gasteiger charge is -2.18. The summed E-state index contributed by atoms with van der Waals surface area (Å²) in [6.45, 7) is 4.05. The van der Waals surface area contributed by atoms with Gasteiger partial charge in [0.25, 0.3) is 5.91 Å². The van der Waals surface area contributed by atoms with E-state index in [2.05, 4.69) is 22.5 Å². The zero-order valence-electron chi connectivity index (χ0n) is 15.9. The molecule has 4 heteroatoms. The third kappa shape index (κ3) is 3.52. The Bertz CT molecular complexity index is 959. The third-order valence-corrected chi connectivity index (χ3v) is 5.47. The number of rotatable bonds is 4. The molecule has 0 aliphatic heterocycles. The highest BCUT2D eigenvalue weighted by Gasteiger charge is 2.18. The minimum Gasteiger partial charge on any atom is -0.345 e. The monoisotopic (exact) mass is 359 g/mol. The molecule has 4 rings (SSSR count). The quantitative estimate of drug-likeness (QED) is 0.743. The van der Waals surface area contributed by atoms with Crippen molar-refractivity contribution in [3.8, 4) is 5.69 Å². The second-order valence-electron chi connectivity index (χ2n) is 7.32. The molecule has 27 heavy (non-hydrogen) atoms. The Balaban J connectivity index is 1.52. The first-order valence-corrected chi connectivity index (χ1v) is 9.66. The maximum absolute atomic E-state index is 12.8. The first-order valence-electron chi connectivity index (χ1n) is 9.66. The zero-order valence-corrected chi connectivity index (χ0v) is 15.9. The maximum atomic E-state index is 12.8. The summed E-state index contributed by atoms with van der Waals surface area (Å²) in [7, 11) is 0. The molecule has 0 saturated carbocycles. The van der Waals surface area contributed by atoms with E-state index in [-0.39, 0.29) is 11.9 Å². The highest BCUT2D eigenvalue weighted by atomic mass is 16.1. The van der Waals surface area contributed by atoms with E-state index in [1.165, 1.54) is 24.0 Å². The fourth-order valence-corrected chi connectivity index (χ4v) is 3.91. The number of nitrogens with one attached hydrogen (secondary N) is 1. The van der Waals surface area contributed by atoms with Crippen LogP contribution in [0.25, 0.3) is 5.69 Å². The standard InChI is InChI=1S/C23H25N3O/c1-16(22-15-24-26(17(22)2)21-10-4-3-5-11-21)25-23(27)20-13-12-18-8-6-7-9-19(18)14-20/h3-5,10-16H,6-9H2,1-2H3,(H,25,27). The largest absolute Gasteiger partial charge is 0.345 e. The van der Waals surface area contributed by atoms with Crippen LogP contribution in [-0.2, 0) is 12.8 Å². The SMILES string of the molecule is Cc1c(C(C)NC(=O)c2ccc3c(c2)CCCC3)cnn1-c1ccccc1. The van der Waals surface area contributed by atoms with Crippen LogP contribution in [0.3, 0.4) is 0 Å². The van der Waals surface area contributed by atoms with E-state index in [0.717, 1.165) is 35.3 Å². The number of para-hydroxylation sites is 1. The molecule has 1 atom stereocenters. The summed E-state index contributed by atoms with van der Waals surface area (Å²) >= 11 is 0. The van der Waals surface area contributed by atoms with Crippen molar-refractivity contribution in [3.05, 3.63) is 82.7 Å². The second-order valence-corrected chi connectivity index (χ2v) is 7.32. The van der Waals surface area contributed by atoms with Crippen molar-refractivity contribution >= 4 is 5.91 Å². The molecule has 0 spiro atoms. The molecule has 2 aromatic carbocycles. The van der Waals surface area contributed by atoms with Crippen LogP contribution in [0.4, 0.5) is 0 Å². The lowest BCUT2D eigenvalue weighted by molar-refractivity contribution is 0.0939. The zero-order chi connectivity index (χ0) is 18.8. The Morgan fingerprint density at radius 2 is 1.81 bits per heavy atom. The third-order valence-electron chi connectivity index (χ3n) is 5.47. The molecule has 0 bridgehead atoms. The molecule has 4 nitrogen and oxygen atoms in total. The van der Waals surface area contributed by atoms with Crippen molar-refractivity contribution in [1.29, 1.82) is 0 Å². The molecular weight excluding hydrogens is 334 g/mol. The van der Waals surface area contributed by atoms with Crippen LogP contribution in [0, 0.1) is 6.92 Å². The van der Waals surface area contributed by atoms with Crippen LogP contribution in [0.15, 0.2) is 54.7 Å². The number of aryl methyl sites for hydroxylation is 2. The second kappa shape index (κ2) is 7.39. The highest BCUT2D eigenvalue weighted by Crippen LogP contribution is 2.24. The number of fused-ring (bicyclic) bond motifs is 1. The van der Waals surface area contributed by atoms with E-state index in [1.807, 2.05) is 61.1 Å². The number of hydrogen-bond donors (Lipinski definition) is 1. The number of carbonyl (C=O) groups is 1. The van der Waals surface area contributed by atoms with Crippen molar-refractivity contribution in [2.24, 2.45) is 0 Å². The number of hydrogen-bond acceptors (Lipinski definition) is 2. The lowest BCUT2D eigenvalue weighted by atomic mass is 9.90.